The molecule has 4 heteroatoms. The Kier molecular flexibility index (Phi) is 4.81. The second-order valence-electron chi connectivity index (χ2n) is 5.68. The maximum absolute atomic E-state index is 12.0. The maximum Gasteiger partial charge on any atom is 0.242 e. The van der Waals surface area contributed by atoms with E-state index >= 15 is 0 Å². The van der Waals surface area contributed by atoms with Crippen LogP contribution in [-0.4, -0.2) is 23.5 Å². The van der Waals surface area contributed by atoms with Gasteiger partial charge in [-0.2, -0.15) is 0 Å². The summed E-state index contributed by atoms with van der Waals surface area (Å²) in [5.41, 5.74) is 2.51. The number of pyridine rings is 1. The van der Waals surface area contributed by atoms with Gasteiger partial charge in [0.25, 0.3) is 0 Å². The average Bonchev–Trinajstić information content (AvgIpc) is 3.10. The van der Waals surface area contributed by atoms with E-state index in [1.54, 1.807) is 0 Å². The molecular weight excluding hydrogens is 274 g/mol. The second kappa shape index (κ2) is 7.18. The molecule has 3 rings (SSSR count). The van der Waals surface area contributed by atoms with Gasteiger partial charge in [-0.25, -0.2) is 4.98 Å². The molecular formula is C18H21N3O. The number of hydrogen-bond donors (Lipinski definition) is 2. The topological polar surface area (TPSA) is 54.0 Å². The Bertz CT molecular complexity index is 604. The smallest absolute Gasteiger partial charge is 0.242 e. The van der Waals surface area contributed by atoms with Crippen molar-refractivity contribution in [3.63, 3.8) is 0 Å². The number of carbonyl (C=O) groups is 1. The maximum atomic E-state index is 12.0. The number of benzene rings is 1. The normalized spacial score (nSPS) is 17.4. The number of aryl methyl sites for hydroxylation is 2. The van der Waals surface area contributed by atoms with Crippen molar-refractivity contribution in [2.75, 3.05) is 11.9 Å². The van der Waals surface area contributed by atoms with Gasteiger partial charge in [-0.05, 0) is 49.4 Å². The highest BCUT2D eigenvalue weighted by atomic mass is 16.2. The third kappa shape index (κ3) is 3.92. The number of anilines is 1. The lowest BCUT2D eigenvalue weighted by Crippen LogP contribution is -2.35. The zero-order valence-electron chi connectivity index (χ0n) is 12.6. The first kappa shape index (κ1) is 14.7. The van der Waals surface area contributed by atoms with E-state index in [-0.39, 0.29) is 11.9 Å². The zero-order valence-corrected chi connectivity index (χ0v) is 12.6. The minimum atomic E-state index is -0.0699. The summed E-state index contributed by atoms with van der Waals surface area (Å²) in [7, 11) is 0. The van der Waals surface area contributed by atoms with E-state index in [2.05, 4.69) is 39.9 Å². The van der Waals surface area contributed by atoms with Crippen LogP contribution >= 0.6 is 0 Å². The first-order valence-electron chi connectivity index (χ1n) is 7.84. The second-order valence-corrected chi connectivity index (χ2v) is 5.68. The van der Waals surface area contributed by atoms with Crippen molar-refractivity contribution in [2.24, 2.45) is 0 Å². The Balaban J connectivity index is 1.52. The number of aromatic nitrogens is 1. The first-order chi connectivity index (χ1) is 10.8. The molecule has 0 saturated carbocycles. The standard InChI is InChI=1S/C18H21N3O/c22-18(16-7-4-12-19-16)21-17-11-10-15(13-20-17)9-8-14-5-2-1-3-6-14/h1-3,5-6,10-11,13,16,19H,4,7-9,12H2,(H,20,21,22). The highest BCUT2D eigenvalue weighted by Gasteiger charge is 2.21. The molecule has 1 fully saturated rings. The van der Waals surface area contributed by atoms with Crippen molar-refractivity contribution >= 4 is 11.7 Å². The van der Waals surface area contributed by atoms with Gasteiger partial charge < -0.3 is 10.6 Å². The Morgan fingerprint density at radius 2 is 1.95 bits per heavy atom. The molecule has 2 heterocycles. The third-order valence-corrected chi connectivity index (χ3v) is 4.00. The van der Waals surface area contributed by atoms with E-state index in [0.29, 0.717) is 5.82 Å². The Labute approximate surface area is 131 Å². The quantitative estimate of drug-likeness (QED) is 0.891. The summed E-state index contributed by atoms with van der Waals surface area (Å²) >= 11 is 0. The number of rotatable bonds is 5. The molecule has 0 radical (unpaired) electrons. The molecule has 1 atom stereocenters. The average molecular weight is 295 g/mol. The van der Waals surface area contributed by atoms with Crippen LogP contribution in [-0.2, 0) is 17.6 Å². The number of nitrogens with zero attached hydrogens (tertiary/aromatic N) is 1. The Morgan fingerprint density at radius 1 is 1.14 bits per heavy atom. The fourth-order valence-electron chi connectivity index (χ4n) is 2.70. The molecule has 0 bridgehead atoms. The van der Waals surface area contributed by atoms with E-state index in [9.17, 15) is 4.79 Å². The molecule has 114 valence electrons. The van der Waals surface area contributed by atoms with Crippen LogP contribution in [0.5, 0.6) is 0 Å². The van der Waals surface area contributed by atoms with Gasteiger partial charge in [-0.1, -0.05) is 36.4 Å². The Hall–Kier alpha value is -2.20. The lowest BCUT2D eigenvalue weighted by atomic mass is 10.1. The van der Waals surface area contributed by atoms with Crippen LogP contribution in [0.3, 0.4) is 0 Å². The molecule has 1 aliphatic heterocycles. The van der Waals surface area contributed by atoms with Crippen LogP contribution in [0.15, 0.2) is 48.7 Å². The number of amides is 1. The predicted molar refractivity (Wildman–Crippen MR) is 87.7 cm³/mol. The van der Waals surface area contributed by atoms with Crippen molar-refractivity contribution < 1.29 is 4.79 Å². The molecule has 1 amide bonds. The van der Waals surface area contributed by atoms with Gasteiger partial charge in [0.2, 0.25) is 5.91 Å². The van der Waals surface area contributed by atoms with Crippen LogP contribution < -0.4 is 10.6 Å². The summed E-state index contributed by atoms with van der Waals surface area (Å²) in [6, 6.07) is 14.3. The van der Waals surface area contributed by atoms with Crippen molar-refractivity contribution in [1.29, 1.82) is 0 Å². The lowest BCUT2D eigenvalue weighted by molar-refractivity contribution is -0.117. The monoisotopic (exact) mass is 295 g/mol. The fraction of sp³-hybridized carbons (Fsp3) is 0.333. The van der Waals surface area contributed by atoms with Gasteiger partial charge in [0, 0.05) is 6.20 Å². The molecule has 1 aromatic heterocycles. The fourth-order valence-corrected chi connectivity index (χ4v) is 2.70. The minimum Gasteiger partial charge on any atom is -0.309 e. The largest absolute Gasteiger partial charge is 0.309 e. The zero-order chi connectivity index (χ0) is 15.2. The lowest BCUT2D eigenvalue weighted by Gasteiger charge is -2.10. The molecule has 1 unspecified atom stereocenters. The molecule has 0 spiro atoms. The van der Waals surface area contributed by atoms with Crippen molar-refractivity contribution in [1.82, 2.24) is 10.3 Å². The van der Waals surface area contributed by atoms with Crippen molar-refractivity contribution in [2.45, 2.75) is 31.7 Å². The minimum absolute atomic E-state index is 0.0158. The molecule has 2 N–H and O–H groups in total. The molecule has 4 nitrogen and oxygen atoms in total. The number of carbonyl (C=O) groups excluding carboxylic acids is 1. The molecule has 1 aliphatic rings. The van der Waals surface area contributed by atoms with Crippen LogP contribution in [0.25, 0.3) is 0 Å². The number of nitrogens with one attached hydrogen (secondary N) is 2. The molecule has 1 saturated heterocycles. The van der Waals surface area contributed by atoms with E-state index < -0.39 is 0 Å². The molecule has 1 aromatic carbocycles. The predicted octanol–water partition coefficient (Wildman–Crippen LogP) is 2.56. The summed E-state index contributed by atoms with van der Waals surface area (Å²) in [5.74, 6) is 0.643. The van der Waals surface area contributed by atoms with Gasteiger partial charge in [-0.15, -0.1) is 0 Å². The molecule has 0 aliphatic carbocycles. The summed E-state index contributed by atoms with van der Waals surface area (Å²) < 4.78 is 0. The van der Waals surface area contributed by atoms with E-state index in [1.165, 1.54) is 11.1 Å². The van der Waals surface area contributed by atoms with Crippen LogP contribution in [0.1, 0.15) is 24.0 Å². The molecule has 2 aromatic rings. The van der Waals surface area contributed by atoms with Gasteiger partial charge in [0.05, 0.1) is 6.04 Å². The summed E-state index contributed by atoms with van der Waals surface area (Å²) in [6.45, 7) is 0.921. The van der Waals surface area contributed by atoms with Gasteiger partial charge in [0.15, 0.2) is 0 Å². The first-order valence-corrected chi connectivity index (χ1v) is 7.84. The van der Waals surface area contributed by atoms with Gasteiger partial charge in [-0.3, -0.25) is 4.79 Å². The van der Waals surface area contributed by atoms with Crippen LogP contribution in [0.4, 0.5) is 5.82 Å². The summed E-state index contributed by atoms with van der Waals surface area (Å²) in [6.07, 6.45) is 5.77. The van der Waals surface area contributed by atoms with E-state index in [0.717, 1.165) is 32.2 Å². The third-order valence-electron chi connectivity index (χ3n) is 4.00. The Morgan fingerprint density at radius 3 is 2.64 bits per heavy atom. The van der Waals surface area contributed by atoms with Crippen LogP contribution in [0, 0.1) is 0 Å². The van der Waals surface area contributed by atoms with Crippen molar-refractivity contribution in [3.05, 3.63) is 59.8 Å². The number of hydrogen-bond acceptors (Lipinski definition) is 3. The van der Waals surface area contributed by atoms with E-state index in [1.807, 2.05) is 24.4 Å². The van der Waals surface area contributed by atoms with Gasteiger partial charge in [0.1, 0.15) is 5.82 Å². The van der Waals surface area contributed by atoms with Crippen LogP contribution in [0.2, 0.25) is 0 Å². The SMILES string of the molecule is O=C(Nc1ccc(CCc2ccccc2)cn1)C1CCCN1. The van der Waals surface area contributed by atoms with E-state index in [4.69, 9.17) is 0 Å². The summed E-state index contributed by atoms with van der Waals surface area (Å²) in [5, 5.41) is 6.06. The highest BCUT2D eigenvalue weighted by molar-refractivity contribution is 5.94. The summed E-state index contributed by atoms with van der Waals surface area (Å²) in [4.78, 5) is 16.3. The molecule has 22 heavy (non-hydrogen) atoms. The highest BCUT2D eigenvalue weighted by Crippen LogP contribution is 2.11. The van der Waals surface area contributed by atoms with Crippen molar-refractivity contribution in [3.8, 4) is 0 Å². The van der Waals surface area contributed by atoms with Gasteiger partial charge >= 0.3 is 0 Å².